The summed E-state index contributed by atoms with van der Waals surface area (Å²) in [7, 11) is 0. The lowest BCUT2D eigenvalue weighted by atomic mass is 9.81. The van der Waals surface area contributed by atoms with Crippen LogP contribution in [0.1, 0.15) is 29.4 Å². The van der Waals surface area contributed by atoms with E-state index < -0.39 is 0 Å². The molecule has 0 aliphatic heterocycles. The highest BCUT2D eigenvalue weighted by atomic mass is 35.5. The molecule has 0 aliphatic rings. The molecule has 20 heavy (non-hydrogen) atoms. The summed E-state index contributed by atoms with van der Waals surface area (Å²) >= 11 is 5.93. The van der Waals surface area contributed by atoms with Gasteiger partial charge in [-0.1, -0.05) is 41.9 Å². The zero-order chi connectivity index (χ0) is 14.4. The first-order valence-electron chi connectivity index (χ1n) is 6.43. The smallest absolute Gasteiger partial charge is 0.129 e. The molecule has 4 heteroatoms. The molecule has 0 saturated heterocycles. The number of aromatic nitrogens is 1. The van der Waals surface area contributed by atoms with Crippen molar-refractivity contribution < 1.29 is 5.11 Å². The van der Waals surface area contributed by atoms with Crippen molar-refractivity contribution in [2.45, 2.75) is 18.3 Å². The van der Waals surface area contributed by atoms with Crippen molar-refractivity contribution in [3.8, 4) is 6.07 Å². The monoisotopic (exact) mass is 286 g/mol. The lowest BCUT2D eigenvalue weighted by Gasteiger charge is -2.22. The zero-order valence-corrected chi connectivity index (χ0v) is 11.7. The number of aliphatic hydroxyl groups excluding tert-OH is 1. The van der Waals surface area contributed by atoms with Crippen LogP contribution in [0.15, 0.2) is 48.7 Å². The van der Waals surface area contributed by atoms with Crippen LogP contribution in [0.4, 0.5) is 0 Å². The van der Waals surface area contributed by atoms with Crippen LogP contribution in [-0.2, 0) is 0 Å². The molecular formula is C16H15ClN2O. The fourth-order valence-electron chi connectivity index (χ4n) is 2.37. The van der Waals surface area contributed by atoms with Crippen molar-refractivity contribution in [1.82, 2.24) is 4.98 Å². The summed E-state index contributed by atoms with van der Waals surface area (Å²) in [6.45, 7) is 0.0234. The van der Waals surface area contributed by atoms with Gasteiger partial charge >= 0.3 is 0 Å². The van der Waals surface area contributed by atoms with Gasteiger partial charge in [0.15, 0.2) is 0 Å². The van der Waals surface area contributed by atoms with E-state index in [-0.39, 0.29) is 18.4 Å². The summed E-state index contributed by atoms with van der Waals surface area (Å²) in [5.74, 6) is -0.422. The first-order chi connectivity index (χ1) is 9.76. The van der Waals surface area contributed by atoms with E-state index >= 15 is 0 Å². The molecule has 0 saturated carbocycles. The predicted octanol–water partition coefficient (Wildman–Crippen LogP) is 3.51. The SMILES string of the molecule is N#C[C@@H](c1ccccc1)[C@H](CCO)c1ccnc(Cl)c1. The van der Waals surface area contributed by atoms with Crippen LogP contribution in [0.5, 0.6) is 0 Å². The molecule has 1 aromatic carbocycles. The summed E-state index contributed by atoms with van der Waals surface area (Å²) in [6, 6.07) is 15.6. The van der Waals surface area contributed by atoms with Gasteiger partial charge < -0.3 is 5.11 Å². The maximum absolute atomic E-state index is 9.53. The number of nitrogens with zero attached hydrogens (tertiary/aromatic N) is 2. The molecule has 102 valence electrons. The third-order valence-electron chi connectivity index (χ3n) is 3.32. The minimum atomic E-state index is -0.318. The van der Waals surface area contributed by atoms with Crippen LogP contribution < -0.4 is 0 Å². The van der Waals surface area contributed by atoms with Crippen LogP contribution in [0.2, 0.25) is 5.15 Å². The molecule has 2 atom stereocenters. The molecule has 1 N–H and O–H groups in total. The summed E-state index contributed by atoms with van der Waals surface area (Å²) in [5, 5.41) is 19.2. The average molecular weight is 287 g/mol. The van der Waals surface area contributed by atoms with Crippen LogP contribution in [0, 0.1) is 11.3 Å². The Balaban J connectivity index is 2.39. The minimum absolute atomic E-state index is 0.0234. The number of pyridine rings is 1. The summed E-state index contributed by atoms with van der Waals surface area (Å²) in [6.07, 6.45) is 2.13. The van der Waals surface area contributed by atoms with Gasteiger partial charge in [-0.3, -0.25) is 0 Å². The number of benzene rings is 1. The van der Waals surface area contributed by atoms with Crippen molar-refractivity contribution in [1.29, 1.82) is 5.26 Å². The van der Waals surface area contributed by atoms with Crippen molar-refractivity contribution in [2.75, 3.05) is 6.61 Å². The number of aliphatic hydroxyl groups is 1. The lowest BCUT2D eigenvalue weighted by Crippen LogP contribution is -2.12. The van der Waals surface area contributed by atoms with Gasteiger partial charge in [0.25, 0.3) is 0 Å². The van der Waals surface area contributed by atoms with E-state index in [1.165, 1.54) is 0 Å². The molecule has 1 aromatic heterocycles. The highest BCUT2D eigenvalue weighted by molar-refractivity contribution is 6.29. The second-order valence-corrected chi connectivity index (χ2v) is 4.94. The molecular weight excluding hydrogens is 272 g/mol. The van der Waals surface area contributed by atoms with E-state index in [2.05, 4.69) is 11.1 Å². The summed E-state index contributed by atoms with van der Waals surface area (Å²) in [5.41, 5.74) is 1.87. The Bertz CT molecular complexity index is 595. The molecule has 0 radical (unpaired) electrons. The fraction of sp³-hybridized carbons (Fsp3) is 0.250. The van der Waals surface area contributed by atoms with Gasteiger partial charge in [-0.25, -0.2) is 4.98 Å². The zero-order valence-electron chi connectivity index (χ0n) is 10.9. The number of hydrogen-bond donors (Lipinski definition) is 1. The van der Waals surface area contributed by atoms with Gasteiger partial charge in [0, 0.05) is 18.7 Å². The van der Waals surface area contributed by atoms with Crippen molar-refractivity contribution in [3.63, 3.8) is 0 Å². The average Bonchev–Trinajstić information content (AvgIpc) is 2.48. The van der Waals surface area contributed by atoms with Gasteiger partial charge in [-0.15, -0.1) is 0 Å². The predicted molar refractivity (Wildman–Crippen MR) is 78.5 cm³/mol. The van der Waals surface area contributed by atoms with E-state index in [0.29, 0.717) is 11.6 Å². The number of hydrogen-bond acceptors (Lipinski definition) is 3. The lowest BCUT2D eigenvalue weighted by molar-refractivity contribution is 0.272. The Morgan fingerprint density at radius 3 is 2.55 bits per heavy atom. The second kappa shape index (κ2) is 7.04. The molecule has 3 nitrogen and oxygen atoms in total. The maximum atomic E-state index is 9.53. The number of halogens is 1. The molecule has 0 spiro atoms. The highest BCUT2D eigenvalue weighted by Crippen LogP contribution is 2.35. The van der Waals surface area contributed by atoms with E-state index in [0.717, 1.165) is 11.1 Å². The van der Waals surface area contributed by atoms with Crippen molar-refractivity contribution in [2.24, 2.45) is 0 Å². The number of rotatable bonds is 5. The Hall–Kier alpha value is -1.89. The van der Waals surface area contributed by atoms with Crippen LogP contribution in [0.3, 0.4) is 0 Å². The van der Waals surface area contributed by atoms with Gasteiger partial charge in [0.2, 0.25) is 0 Å². The van der Waals surface area contributed by atoms with Crippen LogP contribution >= 0.6 is 11.6 Å². The van der Waals surface area contributed by atoms with E-state index in [9.17, 15) is 10.4 Å². The highest BCUT2D eigenvalue weighted by Gasteiger charge is 2.24. The molecule has 2 rings (SSSR count). The summed E-state index contributed by atoms with van der Waals surface area (Å²) < 4.78 is 0. The van der Waals surface area contributed by atoms with E-state index in [1.54, 1.807) is 12.3 Å². The fourth-order valence-corrected chi connectivity index (χ4v) is 2.55. The van der Waals surface area contributed by atoms with Gasteiger partial charge in [0.1, 0.15) is 5.15 Å². The third kappa shape index (κ3) is 3.36. The third-order valence-corrected chi connectivity index (χ3v) is 3.53. The van der Waals surface area contributed by atoms with E-state index in [1.807, 2.05) is 36.4 Å². The molecule has 2 aromatic rings. The Labute approximate surface area is 123 Å². The Kier molecular flexibility index (Phi) is 5.11. The van der Waals surface area contributed by atoms with Crippen molar-refractivity contribution >= 4 is 11.6 Å². The van der Waals surface area contributed by atoms with E-state index in [4.69, 9.17) is 11.6 Å². The molecule has 0 unspecified atom stereocenters. The first kappa shape index (κ1) is 14.5. The largest absolute Gasteiger partial charge is 0.396 e. The van der Waals surface area contributed by atoms with Gasteiger partial charge in [0.05, 0.1) is 12.0 Å². The molecule has 0 fully saturated rings. The molecule has 0 bridgehead atoms. The Morgan fingerprint density at radius 2 is 1.95 bits per heavy atom. The molecule has 0 amide bonds. The first-order valence-corrected chi connectivity index (χ1v) is 6.81. The maximum Gasteiger partial charge on any atom is 0.129 e. The second-order valence-electron chi connectivity index (χ2n) is 4.55. The molecule has 1 heterocycles. The van der Waals surface area contributed by atoms with Crippen LogP contribution in [0.25, 0.3) is 0 Å². The van der Waals surface area contributed by atoms with Crippen LogP contribution in [-0.4, -0.2) is 16.7 Å². The normalized spacial score (nSPS) is 13.4. The topological polar surface area (TPSA) is 56.9 Å². The van der Waals surface area contributed by atoms with Gasteiger partial charge in [-0.2, -0.15) is 5.26 Å². The number of nitriles is 1. The Morgan fingerprint density at radius 1 is 1.20 bits per heavy atom. The summed E-state index contributed by atoms with van der Waals surface area (Å²) in [4.78, 5) is 3.96. The minimum Gasteiger partial charge on any atom is -0.396 e. The van der Waals surface area contributed by atoms with Crippen molar-refractivity contribution in [3.05, 3.63) is 64.9 Å². The van der Waals surface area contributed by atoms with Gasteiger partial charge in [-0.05, 0) is 29.7 Å². The standard InChI is InChI=1S/C16H15ClN2O/c17-16-10-13(6-8-19-16)14(7-9-20)15(11-18)12-4-2-1-3-5-12/h1-6,8,10,14-15,20H,7,9H2/t14-,15+/m1/s1. The molecule has 0 aliphatic carbocycles. The quantitative estimate of drug-likeness (QED) is 0.856.